The number of aryl methyl sites for hydroxylation is 2. The summed E-state index contributed by atoms with van der Waals surface area (Å²) in [7, 11) is 0. The van der Waals surface area contributed by atoms with E-state index in [1.54, 1.807) is 6.07 Å². The zero-order valence-electron chi connectivity index (χ0n) is 11.4. The Balaban J connectivity index is 2.04. The molecule has 0 atom stereocenters. The Morgan fingerprint density at radius 2 is 2.05 bits per heavy atom. The number of aromatic nitrogens is 2. The molecule has 0 bridgehead atoms. The molecule has 1 heterocycles. The summed E-state index contributed by atoms with van der Waals surface area (Å²) in [5, 5.41) is 7.77. The molecule has 0 amide bonds. The van der Waals surface area contributed by atoms with Gasteiger partial charge in [-0.3, -0.25) is 4.68 Å². The van der Waals surface area contributed by atoms with Crippen molar-refractivity contribution < 1.29 is 4.39 Å². The Morgan fingerprint density at radius 1 is 1.30 bits per heavy atom. The van der Waals surface area contributed by atoms with Gasteiger partial charge >= 0.3 is 0 Å². The first-order valence-electron chi connectivity index (χ1n) is 6.39. The van der Waals surface area contributed by atoms with Crippen LogP contribution in [0.4, 0.5) is 4.39 Å². The molecule has 0 radical (unpaired) electrons. The fourth-order valence-electron chi connectivity index (χ4n) is 2.03. The highest BCUT2D eigenvalue weighted by Gasteiger charge is 2.11. The number of benzene rings is 1. The van der Waals surface area contributed by atoms with Crippen molar-refractivity contribution >= 4 is 31.9 Å². The topological polar surface area (TPSA) is 29.9 Å². The average Bonchev–Trinajstić information content (AvgIpc) is 2.70. The molecule has 2 aromatic rings. The Bertz CT molecular complexity index is 611. The zero-order chi connectivity index (χ0) is 14.7. The van der Waals surface area contributed by atoms with Crippen LogP contribution in [0.25, 0.3) is 0 Å². The molecule has 0 saturated heterocycles. The summed E-state index contributed by atoms with van der Waals surface area (Å²) in [6.07, 6.45) is 0. The van der Waals surface area contributed by atoms with E-state index in [0.29, 0.717) is 13.1 Å². The fraction of sp³-hybridized carbons (Fsp3) is 0.357. The van der Waals surface area contributed by atoms with Gasteiger partial charge in [0.25, 0.3) is 0 Å². The molecule has 3 nitrogen and oxygen atoms in total. The molecule has 0 unspecified atom stereocenters. The number of nitrogens with one attached hydrogen (secondary N) is 1. The van der Waals surface area contributed by atoms with Crippen molar-refractivity contribution in [3.63, 3.8) is 0 Å². The van der Waals surface area contributed by atoms with Crippen LogP contribution in [0.2, 0.25) is 0 Å². The molecule has 0 aliphatic rings. The van der Waals surface area contributed by atoms with Crippen molar-refractivity contribution in [2.75, 3.05) is 0 Å². The van der Waals surface area contributed by atoms with Gasteiger partial charge in [-0.15, -0.1) is 0 Å². The standard InChI is InChI=1S/C14H16Br2FN3/c1-3-20-13(14(16)9(2)19-20)8-18-7-10-6-11(17)4-5-12(10)15/h4-6,18H,3,7-8H2,1-2H3. The smallest absolute Gasteiger partial charge is 0.123 e. The molecule has 0 saturated carbocycles. The lowest BCUT2D eigenvalue weighted by molar-refractivity contribution is 0.575. The molecule has 1 aromatic heterocycles. The van der Waals surface area contributed by atoms with Crippen molar-refractivity contribution in [1.82, 2.24) is 15.1 Å². The molecule has 1 aromatic carbocycles. The molecule has 0 aliphatic carbocycles. The predicted octanol–water partition coefficient (Wildman–Crippen LogP) is 4.17. The van der Waals surface area contributed by atoms with Gasteiger partial charge in [0.2, 0.25) is 0 Å². The van der Waals surface area contributed by atoms with Gasteiger partial charge in [-0.1, -0.05) is 15.9 Å². The van der Waals surface area contributed by atoms with Gasteiger partial charge in [-0.05, 0) is 53.5 Å². The van der Waals surface area contributed by atoms with Crippen molar-refractivity contribution in [2.45, 2.75) is 33.5 Å². The number of rotatable bonds is 5. The van der Waals surface area contributed by atoms with Crippen LogP contribution in [0.15, 0.2) is 27.1 Å². The van der Waals surface area contributed by atoms with Crippen molar-refractivity contribution in [2.24, 2.45) is 0 Å². The van der Waals surface area contributed by atoms with Crippen LogP contribution >= 0.6 is 31.9 Å². The largest absolute Gasteiger partial charge is 0.307 e. The van der Waals surface area contributed by atoms with E-state index in [1.807, 2.05) is 11.6 Å². The minimum Gasteiger partial charge on any atom is -0.307 e. The number of nitrogens with zero attached hydrogens (tertiary/aromatic N) is 2. The quantitative estimate of drug-likeness (QED) is 0.810. The Morgan fingerprint density at radius 3 is 2.75 bits per heavy atom. The summed E-state index contributed by atoms with van der Waals surface area (Å²) in [6.45, 7) is 6.14. The van der Waals surface area contributed by atoms with Crippen molar-refractivity contribution in [1.29, 1.82) is 0 Å². The number of halogens is 3. The van der Waals surface area contributed by atoms with Gasteiger partial charge < -0.3 is 5.32 Å². The highest BCUT2D eigenvalue weighted by Crippen LogP contribution is 2.21. The van der Waals surface area contributed by atoms with Crippen LogP contribution in [0.1, 0.15) is 23.9 Å². The second-order valence-corrected chi connectivity index (χ2v) is 6.15. The fourth-order valence-corrected chi connectivity index (χ4v) is 2.84. The van der Waals surface area contributed by atoms with Gasteiger partial charge in [-0.2, -0.15) is 5.10 Å². The van der Waals surface area contributed by atoms with Crippen LogP contribution in [0, 0.1) is 12.7 Å². The first-order valence-corrected chi connectivity index (χ1v) is 7.98. The average molecular weight is 405 g/mol. The van der Waals surface area contributed by atoms with E-state index < -0.39 is 0 Å². The normalized spacial score (nSPS) is 11.1. The molecule has 108 valence electrons. The summed E-state index contributed by atoms with van der Waals surface area (Å²) >= 11 is 6.99. The van der Waals surface area contributed by atoms with Gasteiger partial charge in [0, 0.05) is 24.1 Å². The maximum atomic E-state index is 13.2. The van der Waals surface area contributed by atoms with Gasteiger partial charge in [-0.25, -0.2) is 4.39 Å². The van der Waals surface area contributed by atoms with E-state index in [0.717, 1.165) is 32.4 Å². The van der Waals surface area contributed by atoms with Gasteiger partial charge in [0.05, 0.1) is 15.9 Å². The van der Waals surface area contributed by atoms with E-state index >= 15 is 0 Å². The maximum Gasteiger partial charge on any atom is 0.123 e. The van der Waals surface area contributed by atoms with Crippen molar-refractivity contribution in [3.05, 3.63) is 49.9 Å². The number of hydrogen-bond acceptors (Lipinski definition) is 2. The lowest BCUT2D eigenvalue weighted by atomic mass is 10.2. The SMILES string of the molecule is CCn1nc(C)c(Br)c1CNCc1cc(F)ccc1Br. The lowest BCUT2D eigenvalue weighted by Gasteiger charge is -2.09. The Kier molecular flexibility index (Phi) is 5.35. The summed E-state index contributed by atoms with van der Waals surface area (Å²) in [5.74, 6) is -0.222. The number of hydrogen-bond donors (Lipinski definition) is 1. The summed E-state index contributed by atoms with van der Waals surface area (Å²) in [5.41, 5.74) is 2.99. The van der Waals surface area contributed by atoms with E-state index in [2.05, 4.69) is 49.2 Å². The molecular formula is C14H16Br2FN3. The van der Waals surface area contributed by atoms with E-state index in [-0.39, 0.29) is 5.82 Å². The van der Waals surface area contributed by atoms with E-state index in [1.165, 1.54) is 12.1 Å². The van der Waals surface area contributed by atoms with Crippen LogP contribution in [-0.2, 0) is 19.6 Å². The first kappa shape index (κ1) is 15.7. The van der Waals surface area contributed by atoms with E-state index in [9.17, 15) is 4.39 Å². The Labute approximate surface area is 134 Å². The van der Waals surface area contributed by atoms with E-state index in [4.69, 9.17) is 0 Å². The second kappa shape index (κ2) is 6.83. The predicted molar refractivity (Wildman–Crippen MR) is 85.0 cm³/mol. The highest BCUT2D eigenvalue weighted by molar-refractivity contribution is 9.10. The Hall–Kier alpha value is -0.720. The second-order valence-electron chi connectivity index (χ2n) is 4.50. The summed E-state index contributed by atoms with van der Waals surface area (Å²) in [6, 6.07) is 4.71. The molecule has 0 spiro atoms. The summed E-state index contributed by atoms with van der Waals surface area (Å²) in [4.78, 5) is 0. The minimum atomic E-state index is -0.222. The molecule has 0 aliphatic heterocycles. The zero-order valence-corrected chi connectivity index (χ0v) is 14.6. The molecule has 0 fully saturated rings. The molecule has 2 rings (SSSR count). The third-order valence-electron chi connectivity index (χ3n) is 3.07. The lowest BCUT2D eigenvalue weighted by Crippen LogP contribution is -2.17. The molecule has 1 N–H and O–H groups in total. The minimum absolute atomic E-state index is 0.222. The highest BCUT2D eigenvalue weighted by atomic mass is 79.9. The van der Waals surface area contributed by atoms with Crippen molar-refractivity contribution in [3.8, 4) is 0 Å². The first-order chi connectivity index (χ1) is 9.52. The molecule has 20 heavy (non-hydrogen) atoms. The van der Waals surface area contributed by atoms with Crippen LogP contribution < -0.4 is 5.32 Å². The van der Waals surface area contributed by atoms with Crippen LogP contribution in [0.5, 0.6) is 0 Å². The third-order valence-corrected chi connectivity index (χ3v) is 4.87. The molecular weight excluding hydrogens is 389 g/mol. The van der Waals surface area contributed by atoms with Crippen LogP contribution in [-0.4, -0.2) is 9.78 Å². The van der Waals surface area contributed by atoms with Gasteiger partial charge in [0.15, 0.2) is 0 Å². The monoisotopic (exact) mass is 403 g/mol. The summed E-state index contributed by atoms with van der Waals surface area (Å²) < 4.78 is 17.1. The third kappa shape index (κ3) is 3.48. The molecule has 6 heteroatoms. The van der Waals surface area contributed by atoms with Gasteiger partial charge in [0.1, 0.15) is 5.82 Å². The van der Waals surface area contributed by atoms with Crippen LogP contribution in [0.3, 0.4) is 0 Å². The maximum absolute atomic E-state index is 13.2.